The number of hydrogen-bond donors (Lipinski definition) is 1. The lowest BCUT2D eigenvalue weighted by Gasteiger charge is -2.28. The zero-order valence-electron chi connectivity index (χ0n) is 9.71. The smallest absolute Gasteiger partial charge is 0.000813 e. The molecule has 2 N–H and O–H groups in total. The largest absolute Gasteiger partial charge is 0.330 e. The monoisotopic (exact) mass is 213 g/mol. The molecule has 0 amide bonds. The van der Waals surface area contributed by atoms with E-state index in [1.165, 1.54) is 37.7 Å². The minimum Gasteiger partial charge on any atom is -0.330 e. The number of nitrogens with two attached hydrogens (primary N) is 1. The Kier molecular flexibility index (Phi) is 2.56. The molecule has 3 rings (SSSR count). The van der Waals surface area contributed by atoms with Crippen molar-refractivity contribution in [2.45, 2.75) is 38.0 Å². The van der Waals surface area contributed by atoms with E-state index in [1.807, 2.05) is 0 Å². The van der Waals surface area contributed by atoms with Crippen molar-refractivity contribution < 1.29 is 0 Å². The van der Waals surface area contributed by atoms with E-state index >= 15 is 0 Å². The predicted octanol–water partition coefficient (Wildman–Crippen LogP) is 3.02. The Balaban J connectivity index is 2.13. The maximum Gasteiger partial charge on any atom is -0.000813 e. The summed E-state index contributed by atoms with van der Waals surface area (Å²) in [6.07, 6.45) is 10.9. The molecule has 0 fully saturated rings. The predicted molar refractivity (Wildman–Crippen MR) is 68.5 cm³/mol. The van der Waals surface area contributed by atoms with Crippen LogP contribution in [0.25, 0.3) is 6.08 Å². The fourth-order valence-corrected chi connectivity index (χ4v) is 3.22. The van der Waals surface area contributed by atoms with Gasteiger partial charge in [0.2, 0.25) is 0 Å². The molecule has 1 atom stereocenters. The van der Waals surface area contributed by atoms with Crippen molar-refractivity contribution in [2.75, 3.05) is 6.54 Å². The van der Waals surface area contributed by atoms with Crippen molar-refractivity contribution >= 4 is 6.08 Å². The van der Waals surface area contributed by atoms with Gasteiger partial charge in [-0.25, -0.2) is 0 Å². The van der Waals surface area contributed by atoms with Gasteiger partial charge in [-0.2, -0.15) is 0 Å². The Morgan fingerprint density at radius 2 is 2.12 bits per heavy atom. The average Bonchev–Trinajstić information content (AvgIpc) is 2.37. The highest BCUT2D eigenvalue weighted by Gasteiger charge is 2.22. The van der Waals surface area contributed by atoms with Crippen LogP contribution in [0.5, 0.6) is 0 Å². The molecule has 1 aromatic rings. The summed E-state index contributed by atoms with van der Waals surface area (Å²) in [5, 5.41) is 0. The highest BCUT2D eigenvalue weighted by molar-refractivity contribution is 5.60. The van der Waals surface area contributed by atoms with Gasteiger partial charge in [-0.15, -0.1) is 0 Å². The fraction of sp³-hybridized carbons (Fsp3) is 0.467. The van der Waals surface area contributed by atoms with Gasteiger partial charge in [0.25, 0.3) is 0 Å². The first-order valence-corrected chi connectivity index (χ1v) is 6.41. The Morgan fingerprint density at radius 3 is 3.00 bits per heavy atom. The van der Waals surface area contributed by atoms with Crippen molar-refractivity contribution in [1.82, 2.24) is 0 Å². The summed E-state index contributed by atoms with van der Waals surface area (Å²) in [5.74, 6) is 0.611. The Labute approximate surface area is 97.4 Å². The van der Waals surface area contributed by atoms with Crippen molar-refractivity contribution in [2.24, 2.45) is 5.73 Å². The zero-order valence-corrected chi connectivity index (χ0v) is 9.71. The van der Waals surface area contributed by atoms with E-state index in [0.717, 1.165) is 6.54 Å². The second-order valence-electron chi connectivity index (χ2n) is 4.97. The molecule has 2 aliphatic carbocycles. The molecule has 0 aromatic heterocycles. The van der Waals surface area contributed by atoms with E-state index in [2.05, 4.69) is 24.3 Å². The second-order valence-corrected chi connectivity index (χ2v) is 4.97. The molecule has 1 aromatic carbocycles. The van der Waals surface area contributed by atoms with Crippen LogP contribution in [-0.2, 0) is 12.8 Å². The lowest BCUT2D eigenvalue weighted by atomic mass is 9.77. The molecule has 2 aliphatic rings. The number of allylic oxidation sites excluding steroid dienone is 1. The first-order chi connectivity index (χ1) is 7.90. The normalized spacial score (nSPS) is 22.7. The van der Waals surface area contributed by atoms with E-state index < -0.39 is 0 Å². The minimum absolute atomic E-state index is 0.611. The quantitative estimate of drug-likeness (QED) is 0.762. The SMILES string of the molecule is NCC1CCCc2c1ccc1c2CCC=C1. The lowest BCUT2D eigenvalue weighted by molar-refractivity contribution is 0.557. The van der Waals surface area contributed by atoms with E-state index in [4.69, 9.17) is 5.73 Å². The highest BCUT2D eigenvalue weighted by Crippen LogP contribution is 2.36. The van der Waals surface area contributed by atoms with Gasteiger partial charge in [0.15, 0.2) is 0 Å². The summed E-state index contributed by atoms with van der Waals surface area (Å²) in [6, 6.07) is 4.61. The van der Waals surface area contributed by atoms with Crippen LogP contribution in [0, 0.1) is 0 Å². The van der Waals surface area contributed by atoms with E-state index in [0.29, 0.717) is 5.92 Å². The van der Waals surface area contributed by atoms with Crippen LogP contribution in [0.15, 0.2) is 18.2 Å². The molecule has 1 nitrogen and oxygen atoms in total. The molecule has 0 aliphatic heterocycles. The molecule has 0 radical (unpaired) electrons. The third-order valence-electron chi connectivity index (χ3n) is 4.07. The highest BCUT2D eigenvalue weighted by atomic mass is 14.6. The molecule has 84 valence electrons. The number of rotatable bonds is 1. The number of hydrogen-bond acceptors (Lipinski definition) is 1. The van der Waals surface area contributed by atoms with Gasteiger partial charge in [0.1, 0.15) is 0 Å². The van der Waals surface area contributed by atoms with Gasteiger partial charge < -0.3 is 5.73 Å². The van der Waals surface area contributed by atoms with Gasteiger partial charge in [0, 0.05) is 0 Å². The molecule has 0 spiro atoms. The maximum absolute atomic E-state index is 5.88. The third-order valence-corrected chi connectivity index (χ3v) is 4.07. The summed E-state index contributed by atoms with van der Waals surface area (Å²) in [7, 11) is 0. The summed E-state index contributed by atoms with van der Waals surface area (Å²) in [6.45, 7) is 0.807. The first kappa shape index (κ1) is 10.1. The fourth-order valence-electron chi connectivity index (χ4n) is 3.22. The molecular weight excluding hydrogens is 194 g/mol. The van der Waals surface area contributed by atoms with Gasteiger partial charge in [0.05, 0.1) is 0 Å². The van der Waals surface area contributed by atoms with E-state index in [-0.39, 0.29) is 0 Å². The van der Waals surface area contributed by atoms with E-state index in [9.17, 15) is 0 Å². The molecule has 16 heavy (non-hydrogen) atoms. The van der Waals surface area contributed by atoms with Crippen molar-refractivity contribution in [3.05, 3.63) is 40.5 Å². The van der Waals surface area contributed by atoms with E-state index in [1.54, 1.807) is 16.7 Å². The summed E-state index contributed by atoms with van der Waals surface area (Å²) in [4.78, 5) is 0. The number of benzene rings is 1. The first-order valence-electron chi connectivity index (χ1n) is 6.41. The molecule has 0 bridgehead atoms. The molecule has 0 heterocycles. The zero-order chi connectivity index (χ0) is 11.0. The molecule has 0 saturated carbocycles. The van der Waals surface area contributed by atoms with Gasteiger partial charge >= 0.3 is 0 Å². The average molecular weight is 213 g/mol. The minimum atomic E-state index is 0.611. The Bertz CT molecular complexity index is 431. The van der Waals surface area contributed by atoms with Gasteiger partial charge in [-0.05, 0) is 66.8 Å². The number of fused-ring (bicyclic) bond motifs is 3. The van der Waals surface area contributed by atoms with Gasteiger partial charge in [-0.1, -0.05) is 24.3 Å². The molecule has 0 saturated heterocycles. The summed E-state index contributed by atoms with van der Waals surface area (Å²) < 4.78 is 0. The topological polar surface area (TPSA) is 26.0 Å². The van der Waals surface area contributed by atoms with Crippen LogP contribution in [0.2, 0.25) is 0 Å². The lowest BCUT2D eigenvalue weighted by Crippen LogP contribution is -2.20. The Hall–Kier alpha value is -1.08. The summed E-state index contributed by atoms with van der Waals surface area (Å²) >= 11 is 0. The molecule has 1 unspecified atom stereocenters. The standard InChI is InChI=1S/C15H19N/c16-10-12-5-3-7-15-13-6-2-1-4-11(13)8-9-14(12)15/h1,4,8-9,12H,2-3,5-7,10,16H2. The van der Waals surface area contributed by atoms with Crippen LogP contribution in [0.3, 0.4) is 0 Å². The van der Waals surface area contributed by atoms with Crippen LogP contribution in [0.4, 0.5) is 0 Å². The maximum atomic E-state index is 5.88. The second kappa shape index (κ2) is 4.06. The van der Waals surface area contributed by atoms with Crippen molar-refractivity contribution in [1.29, 1.82) is 0 Å². The molecular formula is C15H19N. The van der Waals surface area contributed by atoms with Crippen LogP contribution >= 0.6 is 0 Å². The van der Waals surface area contributed by atoms with Crippen LogP contribution < -0.4 is 5.73 Å². The van der Waals surface area contributed by atoms with Crippen LogP contribution in [-0.4, -0.2) is 6.54 Å². The summed E-state index contributed by atoms with van der Waals surface area (Å²) in [5.41, 5.74) is 12.1. The Morgan fingerprint density at radius 1 is 1.19 bits per heavy atom. The van der Waals surface area contributed by atoms with Crippen LogP contribution in [0.1, 0.15) is 47.4 Å². The van der Waals surface area contributed by atoms with Crippen molar-refractivity contribution in [3.63, 3.8) is 0 Å². The molecule has 1 heteroatoms. The third kappa shape index (κ3) is 1.51. The van der Waals surface area contributed by atoms with Crippen molar-refractivity contribution in [3.8, 4) is 0 Å². The van der Waals surface area contributed by atoms with Gasteiger partial charge in [-0.3, -0.25) is 0 Å².